The Morgan fingerprint density at radius 1 is 0.842 bits per heavy atom. The highest BCUT2D eigenvalue weighted by molar-refractivity contribution is 5.85. The number of carbonyl (C=O) groups is 3. The van der Waals surface area contributed by atoms with Crippen LogP contribution in [0.15, 0.2) is 48.5 Å². The molecule has 9 heteroatoms. The number of unbranched alkanes of at least 4 members (excludes halogenated alkanes) is 1. The molecule has 1 aliphatic carbocycles. The molecule has 206 valence electrons. The maximum absolute atomic E-state index is 12.8. The van der Waals surface area contributed by atoms with Gasteiger partial charge in [0.05, 0.1) is 0 Å². The third-order valence-corrected chi connectivity index (χ3v) is 6.21. The van der Waals surface area contributed by atoms with Crippen LogP contribution in [-0.2, 0) is 14.3 Å². The molecule has 0 radical (unpaired) electrons. The molecule has 0 heterocycles. The molecule has 0 bridgehead atoms. The van der Waals surface area contributed by atoms with Crippen LogP contribution in [0, 0.1) is 0 Å². The van der Waals surface area contributed by atoms with Crippen LogP contribution in [-0.4, -0.2) is 63.0 Å². The highest BCUT2D eigenvalue weighted by Gasteiger charge is 2.29. The lowest BCUT2D eigenvalue weighted by Gasteiger charge is -2.20. The minimum atomic E-state index is -0.746. The van der Waals surface area contributed by atoms with Gasteiger partial charge in [0, 0.05) is 25.6 Å². The molecule has 4 N–H and O–H groups in total. The highest BCUT2D eigenvalue weighted by Crippen LogP contribution is 2.44. The third kappa shape index (κ3) is 8.48. The number of hydrogen-bond donors (Lipinski definition) is 4. The number of hydrogen-bond acceptors (Lipinski definition) is 6. The Morgan fingerprint density at radius 2 is 1.47 bits per heavy atom. The summed E-state index contributed by atoms with van der Waals surface area (Å²) in [5.41, 5.74) is 3.99. The topological polar surface area (TPSA) is 118 Å². The Kier molecular flexibility index (Phi) is 10.5. The van der Waals surface area contributed by atoms with Crippen molar-refractivity contribution in [3.8, 4) is 11.1 Å². The Balaban J connectivity index is 1.53. The van der Waals surface area contributed by atoms with Crippen LogP contribution >= 0.6 is 0 Å². The molecule has 2 aromatic carbocycles. The average Bonchev–Trinajstić information content (AvgIpc) is 3.19. The van der Waals surface area contributed by atoms with Crippen molar-refractivity contribution < 1.29 is 23.9 Å². The van der Waals surface area contributed by atoms with Crippen LogP contribution in [0.2, 0.25) is 0 Å². The SMILES string of the molecule is CNCCNC(=O)[C@H](CCCCNC(=O)OC(C)(C)C)NC(=O)OCC1c2ccccc2-c2ccccc21. The molecule has 0 fully saturated rings. The minimum Gasteiger partial charge on any atom is -0.449 e. The van der Waals surface area contributed by atoms with E-state index >= 15 is 0 Å². The summed E-state index contributed by atoms with van der Waals surface area (Å²) in [6.07, 6.45) is 0.546. The number of fused-ring (bicyclic) bond motifs is 3. The van der Waals surface area contributed by atoms with E-state index in [-0.39, 0.29) is 18.4 Å². The Hall–Kier alpha value is -3.59. The lowest BCUT2D eigenvalue weighted by molar-refractivity contribution is -0.123. The van der Waals surface area contributed by atoms with E-state index in [9.17, 15) is 14.4 Å². The summed E-state index contributed by atoms with van der Waals surface area (Å²) < 4.78 is 10.9. The molecule has 3 rings (SSSR count). The van der Waals surface area contributed by atoms with Gasteiger partial charge < -0.3 is 30.7 Å². The molecule has 0 saturated carbocycles. The average molecular weight is 525 g/mol. The molecule has 0 unspecified atom stereocenters. The summed E-state index contributed by atoms with van der Waals surface area (Å²) in [6.45, 7) is 7.06. The fraction of sp³-hybridized carbons (Fsp3) is 0.483. The maximum atomic E-state index is 12.8. The zero-order chi connectivity index (χ0) is 27.5. The van der Waals surface area contributed by atoms with Gasteiger partial charge in [-0.2, -0.15) is 0 Å². The van der Waals surface area contributed by atoms with Gasteiger partial charge in [-0.25, -0.2) is 9.59 Å². The van der Waals surface area contributed by atoms with Crippen molar-refractivity contribution >= 4 is 18.1 Å². The standard InChI is InChI=1S/C29H40N4O5/c1-29(2,3)38-27(35)32-16-10-9-15-25(26(34)31-18-17-30-4)33-28(36)37-19-24-22-13-7-5-11-20(22)21-12-6-8-14-23(21)24/h5-8,11-14,24-25,30H,9-10,15-19H2,1-4H3,(H,31,34)(H,32,35)(H,33,36)/t25-/m0/s1. The second-order valence-electron chi connectivity index (χ2n) is 10.3. The molecule has 1 atom stereocenters. The molecule has 0 saturated heterocycles. The Morgan fingerprint density at radius 3 is 2.08 bits per heavy atom. The van der Waals surface area contributed by atoms with Crippen molar-refractivity contribution in [1.82, 2.24) is 21.3 Å². The molecular formula is C29H40N4O5. The number of likely N-dealkylation sites (N-methyl/N-ethyl adjacent to an activating group) is 1. The summed E-state index contributed by atoms with van der Waals surface area (Å²) in [6, 6.07) is 15.5. The largest absolute Gasteiger partial charge is 0.449 e. The van der Waals surface area contributed by atoms with Crippen LogP contribution < -0.4 is 21.3 Å². The Bertz CT molecular complexity index is 1050. The van der Waals surface area contributed by atoms with Crippen molar-refractivity contribution in [2.45, 2.75) is 57.6 Å². The van der Waals surface area contributed by atoms with Gasteiger partial charge in [0.15, 0.2) is 0 Å². The number of carbonyl (C=O) groups excluding carboxylic acids is 3. The van der Waals surface area contributed by atoms with Gasteiger partial charge in [-0.15, -0.1) is 0 Å². The number of amides is 3. The molecule has 9 nitrogen and oxygen atoms in total. The van der Waals surface area contributed by atoms with Gasteiger partial charge in [-0.1, -0.05) is 48.5 Å². The first-order valence-electron chi connectivity index (χ1n) is 13.2. The van der Waals surface area contributed by atoms with Gasteiger partial charge >= 0.3 is 12.2 Å². The second-order valence-corrected chi connectivity index (χ2v) is 10.3. The van der Waals surface area contributed by atoms with E-state index in [1.807, 2.05) is 24.3 Å². The summed E-state index contributed by atoms with van der Waals surface area (Å²) in [5, 5.41) is 11.3. The molecule has 0 spiro atoms. The summed E-state index contributed by atoms with van der Waals surface area (Å²) in [7, 11) is 1.80. The zero-order valence-corrected chi connectivity index (χ0v) is 22.8. The van der Waals surface area contributed by atoms with E-state index in [2.05, 4.69) is 45.5 Å². The first kappa shape index (κ1) is 29.0. The molecule has 1 aliphatic rings. The summed E-state index contributed by atoms with van der Waals surface area (Å²) in [4.78, 5) is 37.4. The first-order valence-corrected chi connectivity index (χ1v) is 13.2. The maximum Gasteiger partial charge on any atom is 0.407 e. The van der Waals surface area contributed by atoms with E-state index in [0.717, 1.165) is 22.3 Å². The summed E-state index contributed by atoms with van der Waals surface area (Å²) in [5.74, 6) is -0.330. The molecule has 0 aromatic heterocycles. The molecule has 2 aromatic rings. The van der Waals surface area contributed by atoms with E-state index < -0.39 is 23.8 Å². The van der Waals surface area contributed by atoms with E-state index in [1.54, 1.807) is 27.8 Å². The van der Waals surface area contributed by atoms with Crippen LogP contribution in [0.5, 0.6) is 0 Å². The van der Waals surface area contributed by atoms with Gasteiger partial charge in [-0.05, 0) is 69.3 Å². The van der Waals surface area contributed by atoms with E-state index in [4.69, 9.17) is 9.47 Å². The number of benzene rings is 2. The van der Waals surface area contributed by atoms with Gasteiger partial charge in [-0.3, -0.25) is 4.79 Å². The van der Waals surface area contributed by atoms with Gasteiger partial charge in [0.25, 0.3) is 0 Å². The van der Waals surface area contributed by atoms with Crippen molar-refractivity contribution in [3.63, 3.8) is 0 Å². The van der Waals surface area contributed by atoms with Crippen molar-refractivity contribution in [2.24, 2.45) is 0 Å². The minimum absolute atomic E-state index is 0.0602. The molecular weight excluding hydrogens is 484 g/mol. The fourth-order valence-corrected chi connectivity index (χ4v) is 4.46. The highest BCUT2D eigenvalue weighted by atomic mass is 16.6. The van der Waals surface area contributed by atoms with Crippen molar-refractivity contribution in [1.29, 1.82) is 0 Å². The number of rotatable bonds is 12. The quantitative estimate of drug-likeness (QED) is 0.313. The summed E-state index contributed by atoms with van der Waals surface area (Å²) >= 11 is 0. The predicted molar refractivity (Wildman–Crippen MR) is 147 cm³/mol. The third-order valence-electron chi connectivity index (χ3n) is 6.21. The normalized spacial score (nSPS) is 13.2. The lowest BCUT2D eigenvalue weighted by atomic mass is 9.98. The Labute approximate surface area is 225 Å². The van der Waals surface area contributed by atoms with E-state index in [0.29, 0.717) is 38.9 Å². The van der Waals surface area contributed by atoms with Crippen LogP contribution in [0.4, 0.5) is 9.59 Å². The van der Waals surface area contributed by atoms with Crippen LogP contribution in [0.1, 0.15) is 57.1 Å². The smallest absolute Gasteiger partial charge is 0.407 e. The number of alkyl carbamates (subject to hydrolysis) is 2. The first-order chi connectivity index (χ1) is 18.2. The second kappa shape index (κ2) is 13.8. The van der Waals surface area contributed by atoms with Crippen LogP contribution in [0.3, 0.4) is 0 Å². The predicted octanol–water partition coefficient (Wildman–Crippen LogP) is 3.92. The molecule has 38 heavy (non-hydrogen) atoms. The van der Waals surface area contributed by atoms with Gasteiger partial charge in [0.1, 0.15) is 18.2 Å². The molecule has 0 aliphatic heterocycles. The zero-order valence-electron chi connectivity index (χ0n) is 22.8. The van der Waals surface area contributed by atoms with Crippen LogP contribution in [0.25, 0.3) is 11.1 Å². The van der Waals surface area contributed by atoms with E-state index in [1.165, 1.54) is 0 Å². The molecule has 3 amide bonds. The number of ether oxygens (including phenoxy) is 2. The van der Waals surface area contributed by atoms with Gasteiger partial charge in [0.2, 0.25) is 5.91 Å². The number of nitrogens with one attached hydrogen (secondary N) is 4. The monoisotopic (exact) mass is 524 g/mol. The van der Waals surface area contributed by atoms with Crippen molar-refractivity contribution in [3.05, 3.63) is 59.7 Å². The fourth-order valence-electron chi connectivity index (χ4n) is 4.46. The lowest BCUT2D eigenvalue weighted by Crippen LogP contribution is -2.48. The van der Waals surface area contributed by atoms with Crippen molar-refractivity contribution in [2.75, 3.05) is 33.3 Å².